The molecule has 0 aliphatic carbocycles. The van der Waals surface area contributed by atoms with Gasteiger partial charge in [0.2, 0.25) is 0 Å². The van der Waals surface area contributed by atoms with Crippen LogP contribution < -0.4 is 20.5 Å². The Morgan fingerprint density at radius 2 is 2.22 bits per heavy atom. The molecule has 1 heterocycles. The van der Waals surface area contributed by atoms with Crippen molar-refractivity contribution in [3.05, 3.63) is 22.7 Å². The third kappa shape index (κ3) is 4.05. The first-order valence-corrected chi connectivity index (χ1v) is 7.58. The van der Waals surface area contributed by atoms with Crippen LogP contribution in [0.2, 0.25) is 5.02 Å². The Bertz CT molecular complexity index is 603. The number of carbonyl (C=O) groups excluding carboxylic acids is 2. The summed E-state index contributed by atoms with van der Waals surface area (Å²) < 4.78 is 10.5. The molecule has 23 heavy (non-hydrogen) atoms. The molecule has 0 bridgehead atoms. The number of benzene rings is 1. The average Bonchev–Trinajstić information content (AvgIpc) is 3.05. The van der Waals surface area contributed by atoms with E-state index in [1.807, 2.05) is 0 Å². The van der Waals surface area contributed by atoms with E-state index in [0.29, 0.717) is 5.56 Å². The number of nitrogens with one attached hydrogen (secondary N) is 1. The molecule has 1 aliphatic heterocycles. The number of primary amides is 1. The number of hydrogen-bond acceptors (Lipinski definition) is 5. The van der Waals surface area contributed by atoms with Gasteiger partial charge in [-0.3, -0.25) is 9.59 Å². The summed E-state index contributed by atoms with van der Waals surface area (Å²) in [6.07, 6.45) is 0.910. The molecule has 7 nitrogen and oxygen atoms in total. The highest BCUT2D eigenvalue weighted by Crippen LogP contribution is 2.36. The first-order chi connectivity index (χ1) is 10.9. The monoisotopic (exact) mass is 341 g/mol. The first-order valence-electron chi connectivity index (χ1n) is 7.20. The van der Waals surface area contributed by atoms with Crippen molar-refractivity contribution in [1.29, 1.82) is 0 Å². The Balaban J connectivity index is 2.24. The van der Waals surface area contributed by atoms with E-state index in [0.717, 1.165) is 19.5 Å². The van der Waals surface area contributed by atoms with Crippen molar-refractivity contribution in [3.63, 3.8) is 0 Å². The van der Waals surface area contributed by atoms with Crippen molar-refractivity contribution in [1.82, 2.24) is 10.2 Å². The second kappa shape index (κ2) is 7.52. The Labute approximate surface area is 139 Å². The van der Waals surface area contributed by atoms with Crippen LogP contribution in [0.15, 0.2) is 12.1 Å². The minimum Gasteiger partial charge on any atom is -0.493 e. The van der Waals surface area contributed by atoms with Crippen LogP contribution in [0, 0.1) is 0 Å². The molecule has 2 amide bonds. The van der Waals surface area contributed by atoms with Crippen LogP contribution in [0.1, 0.15) is 16.8 Å². The highest BCUT2D eigenvalue weighted by atomic mass is 35.5. The van der Waals surface area contributed by atoms with Crippen molar-refractivity contribution >= 4 is 23.4 Å². The van der Waals surface area contributed by atoms with Gasteiger partial charge >= 0.3 is 0 Å². The molecule has 1 atom stereocenters. The van der Waals surface area contributed by atoms with E-state index in [1.54, 1.807) is 18.0 Å². The number of halogens is 1. The molecule has 0 saturated carbocycles. The van der Waals surface area contributed by atoms with Crippen LogP contribution in [0.5, 0.6) is 11.5 Å². The number of carbonyl (C=O) groups is 2. The van der Waals surface area contributed by atoms with Crippen LogP contribution in [-0.4, -0.2) is 56.6 Å². The zero-order valence-electron chi connectivity index (χ0n) is 13.1. The summed E-state index contributed by atoms with van der Waals surface area (Å²) in [5.74, 6) is -0.313. The smallest absolute Gasteiger partial charge is 0.255 e. The number of nitrogens with zero attached hydrogens (tertiary/aromatic N) is 1. The minimum atomic E-state index is -0.628. The molecule has 0 spiro atoms. The molecule has 2 rings (SSSR count). The summed E-state index contributed by atoms with van der Waals surface area (Å²) in [6.45, 7) is 1.34. The zero-order valence-corrected chi connectivity index (χ0v) is 13.9. The third-order valence-electron chi connectivity index (χ3n) is 3.74. The number of methoxy groups -OCH3 is 1. The van der Waals surface area contributed by atoms with Gasteiger partial charge in [-0.15, -0.1) is 0 Å². The van der Waals surface area contributed by atoms with Gasteiger partial charge in [-0.1, -0.05) is 11.6 Å². The third-order valence-corrected chi connectivity index (χ3v) is 4.02. The van der Waals surface area contributed by atoms with Crippen molar-refractivity contribution in [2.75, 3.05) is 33.9 Å². The van der Waals surface area contributed by atoms with E-state index >= 15 is 0 Å². The molecule has 8 heteroatoms. The summed E-state index contributed by atoms with van der Waals surface area (Å²) in [5.41, 5.74) is 5.45. The molecule has 1 aromatic rings. The van der Waals surface area contributed by atoms with Crippen molar-refractivity contribution in [2.24, 2.45) is 5.73 Å². The molecule has 0 aromatic heterocycles. The van der Waals surface area contributed by atoms with Crippen molar-refractivity contribution in [3.8, 4) is 11.5 Å². The fourth-order valence-corrected chi connectivity index (χ4v) is 2.73. The minimum absolute atomic E-state index is 0.151. The van der Waals surface area contributed by atoms with E-state index in [4.69, 9.17) is 26.8 Å². The number of nitrogens with two attached hydrogens (primary N) is 1. The van der Waals surface area contributed by atoms with E-state index in [9.17, 15) is 9.59 Å². The normalized spacial score (nSPS) is 16.9. The lowest BCUT2D eigenvalue weighted by molar-refractivity contribution is -0.119. The molecule has 0 unspecified atom stereocenters. The molecule has 1 saturated heterocycles. The van der Waals surface area contributed by atoms with Crippen molar-refractivity contribution < 1.29 is 19.1 Å². The largest absolute Gasteiger partial charge is 0.493 e. The van der Waals surface area contributed by atoms with Gasteiger partial charge in [-0.25, -0.2) is 0 Å². The first kappa shape index (κ1) is 17.4. The molecule has 3 N–H and O–H groups in total. The van der Waals surface area contributed by atoms with Gasteiger partial charge in [0, 0.05) is 25.2 Å². The van der Waals surface area contributed by atoms with Crippen LogP contribution in [0.3, 0.4) is 0 Å². The van der Waals surface area contributed by atoms with Crippen LogP contribution in [-0.2, 0) is 4.79 Å². The summed E-state index contributed by atoms with van der Waals surface area (Å²) in [5, 5.41) is 3.41. The van der Waals surface area contributed by atoms with E-state index in [1.165, 1.54) is 13.2 Å². The second-order valence-electron chi connectivity index (χ2n) is 5.31. The Hall–Kier alpha value is -1.99. The van der Waals surface area contributed by atoms with Gasteiger partial charge in [0.15, 0.2) is 18.1 Å². The molecule has 126 valence electrons. The standard InChI is InChI=1S/C15H20ClN3O4/c1-19(10-3-4-18-7-10)15(21)9-5-11(16)14(12(6-9)22-2)23-8-13(17)20/h5-6,10,18H,3-4,7-8H2,1-2H3,(H2,17,20)/t10-/m0/s1. The van der Waals surface area contributed by atoms with E-state index in [-0.39, 0.29) is 35.1 Å². The lowest BCUT2D eigenvalue weighted by Gasteiger charge is -2.24. The van der Waals surface area contributed by atoms with Gasteiger partial charge in [-0.2, -0.15) is 0 Å². The summed E-state index contributed by atoms with van der Waals surface area (Å²) in [7, 11) is 3.19. The average molecular weight is 342 g/mol. The SMILES string of the molecule is COc1cc(C(=O)N(C)[C@H]2CCNC2)cc(Cl)c1OCC(N)=O. The maximum atomic E-state index is 12.6. The van der Waals surface area contributed by atoms with Gasteiger partial charge in [0.25, 0.3) is 11.8 Å². The van der Waals surface area contributed by atoms with Gasteiger partial charge in [0.05, 0.1) is 12.1 Å². The fourth-order valence-electron chi connectivity index (χ4n) is 2.47. The molecule has 0 radical (unpaired) electrons. The van der Waals surface area contributed by atoms with Crippen LogP contribution in [0.4, 0.5) is 0 Å². The number of ether oxygens (including phenoxy) is 2. The Kier molecular flexibility index (Phi) is 5.68. The Morgan fingerprint density at radius 3 is 2.78 bits per heavy atom. The number of hydrogen-bond donors (Lipinski definition) is 2. The molecule has 1 fully saturated rings. The predicted octanol–water partition coefficient (Wildman–Crippen LogP) is 0.647. The Morgan fingerprint density at radius 1 is 1.48 bits per heavy atom. The zero-order chi connectivity index (χ0) is 17.0. The highest BCUT2D eigenvalue weighted by Gasteiger charge is 2.25. The summed E-state index contributed by atoms with van der Waals surface area (Å²) in [6, 6.07) is 3.20. The predicted molar refractivity (Wildman–Crippen MR) is 86.1 cm³/mol. The van der Waals surface area contributed by atoms with E-state index < -0.39 is 5.91 Å². The summed E-state index contributed by atoms with van der Waals surface area (Å²) >= 11 is 6.17. The molecule has 1 aromatic carbocycles. The van der Waals surface area contributed by atoms with E-state index in [2.05, 4.69) is 5.32 Å². The number of amides is 2. The lowest BCUT2D eigenvalue weighted by atomic mass is 10.1. The molecule has 1 aliphatic rings. The van der Waals surface area contributed by atoms with Crippen LogP contribution in [0.25, 0.3) is 0 Å². The van der Waals surface area contributed by atoms with Gasteiger partial charge in [0.1, 0.15) is 0 Å². The van der Waals surface area contributed by atoms with Gasteiger partial charge < -0.3 is 25.4 Å². The maximum Gasteiger partial charge on any atom is 0.255 e. The quantitative estimate of drug-likeness (QED) is 0.792. The van der Waals surface area contributed by atoms with Gasteiger partial charge in [-0.05, 0) is 25.1 Å². The highest BCUT2D eigenvalue weighted by molar-refractivity contribution is 6.32. The summed E-state index contributed by atoms with van der Waals surface area (Å²) in [4.78, 5) is 25.1. The molecular weight excluding hydrogens is 322 g/mol. The maximum absolute atomic E-state index is 12.6. The number of rotatable bonds is 6. The number of likely N-dealkylation sites (N-methyl/N-ethyl adjacent to an activating group) is 1. The topological polar surface area (TPSA) is 93.9 Å². The lowest BCUT2D eigenvalue weighted by Crippen LogP contribution is -2.38. The fraction of sp³-hybridized carbons (Fsp3) is 0.467. The molecular formula is C15H20ClN3O4. The van der Waals surface area contributed by atoms with Crippen LogP contribution >= 0.6 is 11.6 Å². The second-order valence-corrected chi connectivity index (χ2v) is 5.71. The van der Waals surface area contributed by atoms with Crippen molar-refractivity contribution in [2.45, 2.75) is 12.5 Å².